The van der Waals surface area contributed by atoms with Crippen LogP contribution in [-0.4, -0.2) is 196 Å². The van der Waals surface area contributed by atoms with Crippen molar-refractivity contribution < 1.29 is 67.1 Å². The number of primary amides is 2. The first-order valence-corrected chi connectivity index (χ1v) is 35.9. The van der Waals surface area contributed by atoms with Crippen molar-refractivity contribution in [1.82, 2.24) is 68.8 Å². The average molecular weight is 1490 g/mol. The zero-order chi connectivity index (χ0) is 75.8. The minimum atomic E-state index is -1.50. The van der Waals surface area contributed by atoms with Gasteiger partial charge >= 0.3 is 0 Å². The van der Waals surface area contributed by atoms with Gasteiger partial charge in [-0.3, -0.25) is 67.1 Å². The van der Waals surface area contributed by atoms with E-state index in [9.17, 15) is 67.1 Å². The number of thiol groups is 4. The van der Waals surface area contributed by atoms with Crippen molar-refractivity contribution in [3.63, 3.8) is 0 Å². The molecule has 0 fully saturated rings. The van der Waals surface area contributed by atoms with Crippen molar-refractivity contribution in [1.29, 1.82) is 0 Å². The molecule has 0 radical (unpaired) electrons. The summed E-state index contributed by atoms with van der Waals surface area (Å²) >= 11 is 17.0. The quantitative estimate of drug-likeness (QED) is 0.0203. The first-order chi connectivity index (χ1) is 47.7. The fourth-order valence-corrected chi connectivity index (χ4v) is 11.3. The van der Waals surface area contributed by atoms with Gasteiger partial charge in [-0.1, -0.05) is 104 Å². The number of H-pyrrole nitrogens is 1. The molecule has 21 N–H and O–H groups in total. The zero-order valence-electron chi connectivity index (χ0n) is 58.2. The van der Waals surface area contributed by atoms with Gasteiger partial charge in [0.1, 0.15) is 66.5 Å². The van der Waals surface area contributed by atoms with Crippen molar-refractivity contribution in [2.24, 2.45) is 46.6 Å². The van der Waals surface area contributed by atoms with Crippen LogP contribution in [0.25, 0.3) is 10.9 Å². The lowest BCUT2D eigenvalue weighted by molar-refractivity contribution is -0.136. The lowest BCUT2D eigenvalue weighted by Gasteiger charge is -2.28. The number of fused-ring (bicyclic) bond motifs is 1. The highest BCUT2D eigenvalue weighted by molar-refractivity contribution is 7.80. The van der Waals surface area contributed by atoms with Crippen LogP contribution in [0.2, 0.25) is 0 Å². The maximum Gasteiger partial charge on any atom is 0.244 e. The molecule has 560 valence electrons. The molecule has 31 nitrogen and oxygen atoms in total. The van der Waals surface area contributed by atoms with E-state index in [-0.39, 0.29) is 79.9 Å². The normalized spacial score (nSPS) is 14.9. The van der Waals surface area contributed by atoms with Gasteiger partial charge < -0.3 is 91.7 Å². The summed E-state index contributed by atoms with van der Waals surface area (Å²) in [6.07, 6.45) is 1.93. The number of hydrogen-bond donors (Lipinski definition) is 21. The van der Waals surface area contributed by atoms with Crippen LogP contribution in [0.1, 0.15) is 105 Å². The largest absolute Gasteiger partial charge is 0.370 e. The Bertz CT molecular complexity index is 3310. The third-order valence-corrected chi connectivity index (χ3v) is 17.5. The molecule has 0 aliphatic carbocycles. The van der Waals surface area contributed by atoms with E-state index in [2.05, 4.69) is 119 Å². The third kappa shape index (κ3) is 29.4. The zero-order valence-corrected chi connectivity index (χ0v) is 61.8. The molecular weight excluding hydrogens is 1380 g/mol. The van der Waals surface area contributed by atoms with Crippen LogP contribution in [0, 0.1) is 23.7 Å². The van der Waals surface area contributed by atoms with E-state index in [0.29, 0.717) is 18.4 Å². The van der Waals surface area contributed by atoms with Gasteiger partial charge in [-0.15, -0.1) is 0 Å². The van der Waals surface area contributed by atoms with Gasteiger partial charge in [0.2, 0.25) is 82.7 Å². The van der Waals surface area contributed by atoms with Crippen molar-refractivity contribution in [3.8, 4) is 0 Å². The average Bonchev–Trinajstić information content (AvgIpc) is 1.75. The van der Waals surface area contributed by atoms with Gasteiger partial charge in [-0.2, -0.15) is 50.5 Å². The maximum absolute atomic E-state index is 14.4. The summed E-state index contributed by atoms with van der Waals surface area (Å²) in [5, 5.41) is 31.7. The number of aromatic amines is 1. The van der Waals surface area contributed by atoms with Crippen LogP contribution in [0.5, 0.6) is 0 Å². The maximum atomic E-state index is 14.4. The molecule has 0 unspecified atom stereocenters. The van der Waals surface area contributed by atoms with Gasteiger partial charge in [0.15, 0.2) is 0 Å². The molecular formula is C66H103N17O14S4. The van der Waals surface area contributed by atoms with Gasteiger partial charge in [0, 0.05) is 53.0 Å². The second-order valence-corrected chi connectivity index (χ2v) is 27.3. The summed E-state index contributed by atoms with van der Waals surface area (Å²) in [5.74, 6) is -14.4. The van der Waals surface area contributed by atoms with E-state index in [0.717, 1.165) is 16.5 Å². The van der Waals surface area contributed by atoms with Gasteiger partial charge in [-0.25, -0.2) is 0 Å². The number of carbonyl (C=O) groups excluding carboxylic acids is 14. The van der Waals surface area contributed by atoms with E-state index in [1.54, 1.807) is 91.9 Å². The van der Waals surface area contributed by atoms with E-state index in [1.165, 1.54) is 0 Å². The molecule has 1 aromatic heterocycles. The Balaban J connectivity index is 1.72. The number of unbranched alkanes of at least 4 members (excludes halogenated alkanes) is 1. The molecule has 0 aliphatic heterocycles. The second kappa shape index (κ2) is 44.3. The fraction of sp³-hybridized carbons (Fsp3) is 0.576. The summed E-state index contributed by atoms with van der Waals surface area (Å²) in [4.78, 5) is 193. The molecule has 0 aliphatic rings. The van der Waals surface area contributed by atoms with E-state index < -0.39 is 174 Å². The van der Waals surface area contributed by atoms with Gasteiger partial charge in [0.05, 0.1) is 12.6 Å². The van der Waals surface area contributed by atoms with Gasteiger partial charge in [-0.05, 0) is 85.9 Å². The fourth-order valence-electron chi connectivity index (χ4n) is 10.3. The van der Waals surface area contributed by atoms with Crippen LogP contribution in [0.3, 0.4) is 0 Å². The molecule has 0 bridgehead atoms. The molecule has 1 heterocycles. The van der Waals surface area contributed by atoms with Crippen LogP contribution in [0.4, 0.5) is 0 Å². The van der Waals surface area contributed by atoms with Crippen LogP contribution in [-0.2, 0) is 80.0 Å². The number of hydrogen-bond acceptors (Lipinski definition) is 20. The topological polar surface area (TPSA) is 503 Å². The third-order valence-electron chi connectivity index (χ3n) is 16.1. The van der Waals surface area contributed by atoms with Crippen LogP contribution < -0.4 is 86.7 Å². The molecule has 3 aromatic rings. The van der Waals surface area contributed by atoms with Crippen LogP contribution in [0.15, 0.2) is 60.8 Å². The summed E-state index contributed by atoms with van der Waals surface area (Å²) in [7, 11) is 0. The summed E-state index contributed by atoms with van der Waals surface area (Å²) < 4.78 is 0. The van der Waals surface area contributed by atoms with E-state index in [4.69, 9.17) is 22.9 Å². The highest BCUT2D eigenvalue weighted by Crippen LogP contribution is 2.20. The first-order valence-electron chi connectivity index (χ1n) is 33.4. The predicted molar refractivity (Wildman–Crippen MR) is 394 cm³/mol. The molecule has 0 saturated heterocycles. The Morgan fingerprint density at radius 1 is 0.436 bits per heavy atom. The summed E-state index contributed by atoms with van der Waals surface area (Å²) in [6.45, 7) is 12.9. The Hall–Kier alpha value is -8.12. The monoisotopic (exact) mass is 1490 g/mol. The highest BCUT2D eigenvalue weighted by Gasteiger charge is 2.37. The molecule has 2 aromatic carbocycles. The van der Waals surface area contributed by atoms with Gasteiger partial charge in [0.25, 0.3) is 0 Å². The molecule has 101 heavy (non-hydrogen) atoms. The highest BCUT2D eigenvalue weighted by atomic mass is 32.1. The second-order valence-electron chi connectivity index (χ2n) is 25.9. The van der Waals surface area contributed by atoms with Crippen LogP contribution >= 0.6 is 50.5 Å². The smallest absolute Gasteiger partial charge is 0.244 e. The number of para-hydroxylation sites is 1. The molecule has 3 rings (SSSR count). The molecule has 12 atom stereocenters. The number of carbonyl (C=O) groups is 14. The number of aromatic nitrogens is 1. The SMILES string of the molecule is CC(C)C[C@H](NC(=O)[C@H](CCCCN)NC(=O)[C@H](CS)NC(=O)[C@H](CS)NC(=O)[C@@H](NC(=O)CNC(=O)[C@@H](NC(=O)[C@H](Cc1ccccc1)NC(=O)[C@H](CCC(N)=O)NC(=O)[C@H](CS)NC(=O)[C@@H](N)Cc1c[nH]c2ccccc12)C(C)C)C(C)C)C(=O)N[C@@H](CS)C(=O)N[C@H](C(N)=O)C(C)C. The van der Waals surface area contributed by atoms with Crippen molar-refractivity contribution >= 4 is 144 Å². The minimum Gasteiger partial charge on any atom is -0.370 e. The Kier molecular flexibility index (Phi) is 38.2. The number of nitrogens with one attached hydrogen (secondary N) is 13. The Morgan fingerprint density at radius 3 is 1.35 bits per heavy atom. The Morgan fingerprint density at radius 2 is 0.851 bits per heavy atom. The molecule has 35 heteroatoms. The number of amides is 14. The van der Waals surface area contributed by atoms with Crippen molar-refractivity contribution in [2.45, 2.75) is 179 Å². The molecule has 0 saturated carbocycles. The minimum absolute atomic E-state index is 0.0421. The predicted octanol–water partition coefficient (Wildman–Crippen LogP) is -2.66. The Labute approximate surface area is 610 Å². The summed E-state index contributed by atoms with van der Waals surface area (Å²) in [5.41, 5.74) is 25.1. The molecule has 14 amide bonds. The number of benzene rings is 2. The van der Waals surface area contributed by atoms with Crippen molar-refractivity contribution in [2.75, 3.05) is 36.1 Å². The molecule has 0 spiro atoms. The van der Waals surface area contributed by atoms with Crippen molar-refractivity contribution in [3.05, 3.63) is 71.9 Å². The standard InChI is InChI=1S/C66H103N17O14S4/c1-33(2)24-44(59(90)78-49(32-101)64(95)82-52(34(3)4)55(70)86)75-57(88)42(20-14-15-23-67)73-62(93)47(30-99)79-63(94)48(31-100)80-66(97)54(36(7)8)81-51(85)28-72-65(96)53(35(5)6)83-60(91)45(25-37-16-10-9-11-17-37)76-58(89)43(21-22-50(69)84)74-61(92)46(29-98)77-56(87)40(68)26-38-27-71-41-19-13-12-18-39(38)41/h9-13,16-19,27,33-36,40,42-49,52-54,71,98-101H,14-15,20-26,28-32,67-68H2,1-8H3,(H2,69,84)(H2,70,86)(H,72,96)(H,73,93)(H,74,92)(H,75,88)(H,76,89)(H,77,87)(H,78,90)(H,79,94)(H,80,97)(H,81,85)(H,82,95)(H,83,91)/t40-,42-,43-,44-,45-,46-,47-,48-,49-,52-,53-,54-/m0/s1. The van der Waals surface area contributed by atoms with E-state index in [1.807, 2.05) is 24.3 Å². The lowest BCUT2D eigenvalue weighted by atomic mass is 10.0. The van der Waals surface area contributed by atoms with E-state index >= 15 is 0 Å². The summed E-state index contributed by atoms with van der Waals surface area (Å²) in [6, 6.07) is 0.311. The first kappa shape index (κ1) is 87.1. The lowest BCUT2D eigenvalue weighted by Crippen LogP contribution is -2.61. The number of nitrogens with two attached hydrogens (primary N) is 4. The number of rotatable bonds is 45.